The summed E-state index contributed by atoms with van der Waals surface area (Å²) < 4.78 is 0. The fraction of sp³-hybridized carbons (Fsp3) is 0.846. The van der Waals surface area contributed by atoms with Crippen molar-refractivity contribution < 1.29 is 14.7 Å². The topological polar surface area (TPSA) is 66.4 Å². The van der Waals surface area contributed by atoms with Gasteiger partial charge >= 0.3 is 5.97 Å². The molecule has 0 saturated heterocycles. The Balaban J connectivity index is 2.32. The van der Waals surface area contributed by atoms with Gasteiger partial charge in [-0.05, 0) is 30.6 Å². The zero-order valence-corrected chi connectivity index (χ0v) is 11.0. The van der Waals surface area contributed by atoms with Crippen LogP contribution in [0.2, 0.25) is 0 Å². The van der Waals surface area contributed by atoms with Crippen molar-refractivity contribution >= 4 is 11.9 Å². The van der Waals surface area contributed by atoms with Crippen molar-refractivity contribution in [1.29, 1.82) is 0 Å². The van der Waals surface area contributed by atoms with Gasteiger partial charge in [-0.1, -0.05) is 20.8 Å². The molecule has 17 heavy (non-hydrogen) atoms. The van der Waals surface area contributed by atoms with Crippen LogP contribution in [0.4, 0.5) is 0 Å². The number of rotatable bonds is 6. The van der Waals surface area contributed by atoms with Gasteiger partial charge in [-0.25, -0.2) is 0 Å². The first-order valence-electron chi connectivity index (χ1n) is 6.27. The van der Waals surface area contributed by atoms with E-state index in [9.17, 15) is 9.59 Å². The van der Waals surface area contributed by atoms with Gasteiger partial charge in [0.15, 0.2) is 0 Å². The molecule has 1 rings (SSSR count). The van der Waals surface area contributed by atoms with Gasteiger partial charge in [-0.2, -0.15) is 0 Å². The summed E-state index contributed by atoms with van der Waals surface area (Å²) in [5.74, 6) is -0.779. The maximum atomic E-state index is 11.5. The predicted molar refractivity (Wildman–Crippen MR) is 65.5 cm³/mol. The standard InChI is InChI=1S/C13H23NO3/c1-13(2,3)7-10(12(16)17)8-14-11(15)6-9-4-5-9/h9-10H,4-8H2,1-3H3,(H,14,15)(H,16,17). The Kier molecular flexibility index (Phi) is 4.54. The molecule has 0 bridgehead atoms. The summed E-state index contributed by atoms with van der Waals surface area (Å²) in [6.45, 7) is 6.27. The Morgan fingerprint density at radius 2 is 1.94 bits per heavy atom. The van der Waals surface area contributed by atoms with E-state index in [1.54, 1.807) is 0 Å². The minimum atomic E-state index is -0.827. The lowest BCUT2D eigenvalue weighted by atomic mass is 9.84. The third-order valence-electron chi connectivity index (χ3n) is 2.92. The van der Waals surface area contributed by atoms with E-state index in [0.29, 0.717) is 18.8 Å². The second kappa shape index (κ2) is 5.52. The van der Waals surface area contributed by atoms with Gasteiger partial charge in [0.05, 0.1) is 5.92 Å². The monoisotopic (exact) mass is 241 g/mol. The lowest BCUT2D eigenvalue weighted by Crippen LogP contribution is -2.35. The molecule has 1 unspecified atom stereocenters. The van der Waals surface area contributed by atoms with E-state index in [-0.39, 0.29) is 17.9 Å². The quantitative estimate of drug-likeness (QED) is 0.748. The lowest BCUT2D eigenvalue weighted by Gasteiger charge is -2.23. The number of amides is 1. The van der Waals surface area contributed by atoms with E-state index < -0.39 is 11.9 Å². The molecule has 1 saturated carbocycles. The normalized spacial score (nSPS) is 17.6. The predicted octanol–water partition coefficient (Wildman–Crippen LogP) is 2.04. The molecule has 98 valence electrons. The molecule has 1 aliphatic carbocycles. The summed E-state index contributed by atoms with van der Waals surface area (Å²) in [6, 6.07) is 0. The van der Waals surface area contributed by atoms with Crippen molar-refractivity contribution in [3.05, 3.63) is 0 Å². The molecule has 1 aliphatic rings. The molecule has 0 aromatic rings. The first-order valence-corrected chi connectivity index (χ1v) is 6.27. The molecule has 0 spiro atoms. The molecule has 0 aliphatic heterocycles. The van der Waals surface area contributed by atoms with Crippen LogP contribution in [-0.2, 0) is 9.59 Å². The van der Waals surface area contributed by atoms with Crippen molar-refractivity contribution in [2.75, 3.05) is 6.54 Å². The van der Waals surface area contributed by atoms with E-state index in [4.69, 9.17) is 5.11 Å². The third kappa shape index (κ3) is 6.29. The molecule has 0 aromatic carbocycles. The lowest BCUT2D eigenvalue weighted by molar-refractivity contribution is -0.142. The van der Waals surface area contributed by atoms with Crippen LogP contribution in [0.25, 0.3) is 0 Å². The molecule has 0 heterocycles. The number of aliphatic carboxylic acids is 1. The maximum absolute atomic E-state index is 11.5. The Bertz CT molecular complexity index is 290. The van der Waals surface area contributed by atoms with Gasteiger partial charge in [0.25, 0.3) is 0 Å². The number of carboxylic acids is 1. The molecule has 4 heteroatoms. The summed E-state index contributed by atoms with van der Waals surface area (Å²) in [6.07, 6.45) is 3.41. The Morgan fingerprint density at radius 1 is 1.35 bits per heavy atom. The van der Waals surface area contributed by atoms with E-state index in [1.807, 2.05) is 20.8 Å². The molecule has 1 amide bonds. The first kappa shape index (κ1) is 14.0. The highest BCUT2D eigenvalue weighted by molar-refractivity contribution is 5.77. The minimum Gasteiger partial charge on any atom is -0.481 e. The molecule has 1 fully saturated rings. The molecule has 0 radical (unpaired) electrons. The second-order valence-corrected chi connectivity index (χ2v) is 6.25. The summed E-state index contributed by atoms with van der Waals surface area (Å²) in [4.78, 5) is 22.6. The average Bonchev–Trinajstić information content (AvgIpc) is 2.93. The van der Waals surface area contributed by atoms with Crippen LogP contribution in [0, 0.1) is 17.3 Å². The van der Waals surface area contributed by atoms with Crippen LogP contribution in [0.1, 0.15) is 46.5 Å². The van der Waals surface area contributed by atoms with Gasteiger partial charge in [0.1, 0.15) is 0 Å². The smallest absolute Gasteiger partial charge is 0.308 e. The fourth-order valence-corrected chi connectivity index (χ4v) is 1.88. The van der Waals surface area contributed by atoms with Crippen molar-refractivity contribution in [3.63, 3.8) is 0 Å². The summed E-state index contributed by atoms with van der Waals surface area (Å²) in [5, 5.41) is 11.8. The fourth-order valence-electron chi connectivity index (χ4n) is 1.88. The zero-order chi connectivity index (χ0) is 13.1. The number of carbonyl (C=O) groups excluding carboxylic acids is 1. The van der Waals surface area contributed by atoms with Crippen molar-refractivity contribution in [2.45, 2.75) is 46.5 Å². The highest BCUT2D eigenvalue weighted by Crippen LogP contribution is 2.32. The van der Waals surface area contributed by atoms with Crippen LogP contribution in [0.5, 0.6) is 0 Å². The minimum absolute atomic E-state index is 0.00680. The number of nitrogens with one attached hydrogen (secondary N) is 1. The summed E-state index contributed by atoms with van der Waals surface area (Å²) in [5.41, 5.74) is -0.0374. The Labute approximate surface area is 103 Å². The van der Waals surface area contributed by atoms with Crippen LogP contribution >= 0.6 is 0 Å². The average molecular weight is 241 g/mol. The largest absolute Gasteiger partial charge is 0.481 e. The van der Waals surface area contributed by atoms with Crippen molar-refractivity contribution in [3.8, 4) is 0 Å². The van der Waals surface area contributed by atoms with E-state index >= 15 is 0 Å². The molecular weight excluding hydrogens is 218 g/mol. The van der Waals surface area contributed by atoms with Crippen LogP contribution in [-0.4, -0.2) is 23.5 Å². The van der Waals surface area contributed by atoms with Gasteiger partial charge in [-0.15, -0.1) is 0 Å². The molecule has 4 nitrogen and oxygen atoms in total. The molecule has 2 N–H and O–H groups in total. The highest BCUT2D eigenvalue weighted by Gasteiger charge is 2.27. The summed E-state index contributed by atoms with van der Waals surface area (Å²) in [7, 11) is 0. The van der Waals surface area contributed by atoms with Gasteiger partial charge in [0.2, 0.25) is 5.91 Å². The van der Waals surface area contributed by atoms with Crippen molar-refractivity contribution in [1.82, 2.24) is 5.32 Å². The maximum Gasteiger partial charge on any atom is 0.308 e. The van der Waals surface area contributed by atoms with E-state index in [0.717, 1.165) is 12.8 Å². The van der Waals surface area contributed by atoms with Crippen LogP contribution in [0.3, 0.4) is 0 Å². The van der Waals surface area contributed by atoms with Gasteiger partial charge in [-0.3, -0.25) is 9.59 Å². The number of hydrogen-bond donors (Lipinski definition) is 2. The highest BCUT2D eigenvalue weighted by atomic mass is 16.4. The Hall–Kier alpha value is -1.06. The number of carboxylic acid groups (broad SMARTS) is 1. The Morgan fingerprint density at radius 3 is 2.35 bits per heavy atom. The van der Waals surface area contributed by atoms with E-state index in [2.05, 4.69) is 5.32 Å². The second-order valence-electron chi connectivity index (χ2n) is 6.25. The van der Waals surface area contributed by atoms with Gasteiger partial charge in [0, 0.05) is 13.0 Å². The molecular formula is C13H23NO3. The van der Waals surface area contributed by atoms with Crippen LogP contribution in [0.15, 0.2) is 0 Å². The van der Waals surface area contributed by atoms with Crippen molar-refractivity contribution in [2.24, 2.45) is 17.3 Å². The zero-order valence-electron chi connectivity index (χ0n) is 11.0. The van der Waals surface area contributed by atoms with Crippen LogP contribution < -0.4 is 5.32 Å². The molecule has 0 aromatic heterocycles. The van der Waals surface area contributed by atoms with E-state index in [1.165, 1.54) is 0 Å². The van der Waals surface area contributed by atoms with Gasteiger partial charge < -0.3 is 10.4 Å². The first-order chi connectivity index (χ1) is 7.78. The third-order valence-corrected chi connectivity index (χ3v) is 2.92. The number of carbonyl (C=O) groups is 2. The molecule has 1 atom stereocenters. The summed E-state index contributed by atoms with van der Waals surface area (Å²) >= 11 is 0. The SMILES string of the molecule is CC(C)(C)CC(CNC(=O)CC1CC1)C(=O)O. The number of hydrogen-bond acceptors (Lipinski definition) is 2.